The number of rotatable bonds is 4. The number of tetrazole rings is 1. The molecule has 3 aromatic rings. The van der Waals surface area contributed by atoms with Gasteiger partial charge in [-0.1, -0.05) is 33.8 Å². The first-order valence-electron chi connectivity index (χ1n) is 8.28. The van der Waals surface area contributed by atoms with Crippen LogP contribution in [0.15, 0.2) is 53.0 Å². The Kier molecular flexibility index (Phi) is 6.29. The van der Waals surface area contributed by atoms with E-state index in [1.54, 1.807) is 0 Å². The van der Waals surface area contributed by atoms with Crippen LogP contribution >= 0.6 is 15.9 Å². The second-order valence-corrected chi connectivity index (χ2v) is 6.72. The molecule has 0 aliphatic rings. The molecule has 0 bridgehead atoms. The number of aromatic nitrogens is 4. The van der Waals surface area contributed by atoms with E-state index in [0.717, 1.165) is 27.0 Å². The highest BCUT2D eigenvalue weighted by molar-refractivity contribution is 9.10. The van der Waals surface area contributed by atoms with Crippen LogP contribution in [0, 0.1) is 11.8 Å². The zero-order chi connectivity index (χ0) is 20.9. The van der Waals surface area contributed by atoms with Crippen LogP contribution in [0.4, 0.5) is 13.2 Å². The molecule has 1 aromatic heterocycles. The number of carbonyl (C=O) groups is 1. The predicted octanol–water partition coefficient (Wildman–Crippen LogP) is 3.29. The van der Waals surface area contributed by atoms with Crippen molar-refractivity contribution in [3.05, 3.63) is 64.1 Å². The molecule has 0 aliphatic carbocycles. The summed E-state index contributed by atoms with van der Waals surface area (Å²) in [5.74, 6) is 5.19. The smallest absolute Gasteiger partial charge is 0.343 e. The fraction of sp³-hybridized carbons (Fsp3) is 0.158. The lowest BCUT2D eigenvalue weighted by molar-refractivity contribution is -0.137. The van der Waals surface area contributed by atoms with Gasteiger partial charge in [0.15, 0.2) is 0 Å². The molecule has 0 spiro atoms. The first-order valence-corrected chi connectivity index (χ1v) is 9.07. The van der Waals surface area contributed by atoms with Gasteiger partial charge in [0.25, 0.3) is 0 Å². The van der Waals surface area contributed by atoms with Crippen LogP contribution in [0.25, 0.3) is 11.4 Å². The SMILES string of the molecule is O=C(Cn1nnc(-c2ccc(Br)cc2)n1)NCC#Cc1cccc(C(F)(F)F)c1. The van der Waals surface area contributed by atoms with E-state index in [1.807, 2.05) is 24.3 Å². The molecule has 3 rings (SSSR count). The first-order chi connectivity index (χ1) is 13.8. The number of nitrogens with one attached hydrogen (secondary N) is 1. The van der Waals surface area contributed by atoms with Crippen molar-refractivity contribution >= 4 is 21.8 Å². The lowest BCUT2D eigenvalue weighted by Crippen LogP contribution is -2.28. The van der Waals surface area contributed by atoms with Gasteiger partial charge >= 0.3 is 6.18 Å². The number of hydrogen-bond acceptors (Lipinski definition) is 4. The third-order valence-electron chi connectivity index (χ3n) is 3.64. The summed E-state index contributed by atoms with van der Waals surface area (Å²) in [6.45, 7) is -0.182. The van der Waals surface area contributed by atoms with Crippen molar-refractivity contribution in [2.75, 3.05) is 6.54 Å². The predicted molar refractivity (Wildman–Crippen MR) is 102 cm³/mol. The fourth-order valence-corrected chi connectivity index (χ4v) is 2.54. The lowest BCUT2D eigenvalue weighted by Gasteiger charge is -2.05. The second kappa shape index (κ2) is 8.87. The van der Waals surface area contributed by atoms with Crippen molar-refractivity contribution < 1.29 is 18.0 Å². The molecule has 1 amide bonds. The molecule has 6 nitrogen and oxygen atoms in total. The molecule has 1 heterocycles. The van der Waals surface area contributed by atoms with Crippen LogP contribution in [0.1, 0.15) is 11.1 Å². The van der Waals surface area contributed by atoms with E-state index < -0.39 is 17.6 Å². The summed E-state index contributed by atoms with van der Waals surface area (Å²) in [7, 11) is 0. The summed E-state index contributed by atoms with van der Waals surface area (Å²) in [6.07, 6.45) is -4.42. The standard InChI is InChI=1S/C19H13BrF3N5O/c20-16-8-6-14(7-9-16)18-25-27-28(26-18)12-17(29)24-10-2-4-13-3-1-5-15(11-13)19(21,22)23/h1,3,5-9,11H,10,12H2,(H,24,29). The number of carbonyl (C=O) groups excluding carboxylic acids is 1. The van der Waals surface area contributed by atoms with Gasteiger partial charge in [0.1, 0.15) is 6.54 Å². The molecule has 0 fully saturated rings. The third-order valence-corrected chi connectivity index (χ3v) is 4.17. The van der Waals surface area contributed by atoms with Crippen LogP contribution < -0.4 is 5.32 Å². The molecule has 0 aliphatic heterocycles. The van der Waals surface area contributed by atoms with Crippen LogP contribution in [0.5, 0.6) is 0 Å². The number of halogens is 4. The zero-order valence-electron chi connectivity index (χ0n) is 14.7. The van der Waals surface area contributed by atoms with Gasteiger partial charge in [-0.15, -0.1) is 10.2 Å². The highest BCUT2D eigenvalue weighted by atomic mass is 79.9. The Bertz CT molecular complexity index is 1070. The maximum absolute atomic E-state index is 12.7. The Balaban J connectivity index is 1.53. The molecule has 0 unspecified atom stereocenters. The quantitative estimate of drug-likeness (QED) is 0.602. The topological polar surface area (TPSA) is 72.7 Å². The largest absolute Gasteiger partial charge is 0.416 e. The van der Waals surface area contributed by atoms with Crippen molar-refractivity contribution in [1.29, 1.82) is 0 Å². The van der Waals surface area contributed by atoms with Crippen molar-refractivity contribution in [1.82, 2.24) is 25.5 Å². The minimum absolute atomic E-state index is 0.0245. The Morgan fingerprint density at radius 2 is 1.93 bits per heavy atom. The van der Waals surface area contributed by atoms with E-state index in [1.165, 1.54) is 12.1 Å². The van der Waals surface area contributed by atoms with E-state index in [4.69, 9.17) is 0 Å². The van der Waals surface area contributed by atoms with E-state index in [2.05, 4.69) is 48.5 Å². The molecule has 10 heteroatoms. The van der Waals surface area contributed by atoms with Crippen LogP contribution in [-0.2, 0) is 17.5 Å². The monoisotopic (exact) mass is 463 g/mol. The molecule has 148 valence electrons. The van der Waals surface area contributed by atoms with Crippen molar-refractivity contribution in [2.45, 2.75) is 12.7 Å². The van der Waals surface area contributed by atoms with Crippen LogP contribution in [0.3, 0.4) is 0 Å². The van der Waals surface area contributed by atoms with Crippen molar-refractivity contribution in [2.24, 2.45) is 0 Å². The summed E-state index contributed by atoms with van der Waals surface area (Å²) in [6, 6.07) is 12.0. The summed E-state index contributed by atoms with van der Waals surface area (Å²) < 4.78 is 38.9. The van der Waals surface area contributed by atoms with Gasteiger partial charge < -0.3 is 5.32 Å². The first kappa shape index (κ1) is 20.5. The zero-order valence-corrected chi connectivity index (χ0v) is 16.3. The molecule has 0 atom stereocenters. The molecule has 2 aromatic carbocycles. The maximum Gasteiger partial charge on any atom is 0.416 e. The van der Waals surface area contributed by atoms with Gasteiger partial charge in [-0.3, -0.25) is 4.79 Å². The third kappa shape index (κ3) is 5.89. The minimum Gasteiger partial charge on any atom is -0.343 e. The average Bonchev–Trinajstić information content (AvgIpc) is 3.14. The number of alkyl halides is 3. The maximum atomic E-state index is 12.7. The molecular weight excluding hydrogens is 451 g/mol. The molecule has 1 N–H and O–H groups in total. The van der Waals surface area contributed by atoms with E-state index in [-0.39, 0.29) is 18.7 Å². The van der Waals surface area contributed by atoms with Gasteiger partial charge in [0.05, 0.1) is 12.1 Å². The highest BCUT2D eigenvalue weighted by Crippen LogP contribution is 2.29. The second-order valence-electron chi connectivity index (χ2n) is 5.81. The normalized spacial score (nSPS) is 10.9. The Hall–Kier alpha value is -3.19. The fourth-order valence-electron chi connectivity index (χ4n) is 2.27. The van der Waals surface area contributed by atoms with Crippen LogP contribution in [-0.4, -0.2) is 32.7 Å². The van der Waals surface area contributed by atoms with E-state index in [0.29, 0.717) is 5.82 Å². The average molecular weight is 464 g/mol. The van der Waals surface area contributed by atoms with Gasteiger partial charge in [-0.2, -0.15) is 18.0 Å². The molecule has 0 saturated heterocycles. The number of hydrogen-bond donors (Lipinski definition) is 1. The van der Waals surface area contributed by atoms with Gasteiger partial charge in [-0.25, -0.2) is 0 Å². The van der Waals surface area contributed by atoms with Crippen LogP contribution in [0.2, 0.25) is 0 Å². The number of nitrogens with zero attached hydrogens (tertiary/aromatic N) is 4. The summed E-state index contributed by atoms with van der Waals surface area (Å²) >= 11 is 3.34. The van der Waals surface area contributed by atoms with E-state index in [9.17, 15) is 18.0 Å². The number of benzene rings is 2. The summed E-state index contributed by atoms with van der Waals surface area (Å²) in [5.41, 5.74) is 0.199. The van der Waals surface area contributed by atoms with Gasteiger partial charge in [0.2, 0.25) is 11.7 Å². The van der Waals surface area contributed by atoms with Crippen molar-refractivity contribution in [3.63, 3.8) is 0 Å². The van der Waals surface area contributed by atoms with Gasteiger partial charge in [0, 0.05) is 15.6 Å². The Morgan fingerprint density at radius 1 is 1.17 bits per heavy atom. The highest BCUT2D eigenvalue weighted by Gasteiger charge is 2.30. The molecular formula is C19H13BrF3N5O. The Labute approximate surface area is 172 Å². The molecule has 0 saturated carbocycles. The van der Waals surface area contributed by atoms with Crippen molar-refractivity contribution in [3.8, 4) is 23.2 Å². The Morgan fingerprint density at radius 3 is 2.66 bits per heavy atom. The number of amides is 1. The molecule has 0 radical (unpaired) electrons. The lowest BCUT2D eigenvalue weighted by atomic mass is 10.1. The minimum atomic E-state index is -4.42. The summed E-state index contributed by atoms with van der Waals surface area (Å²) in [5, 5.41) is 14.4. The van der Waals surface area contributed by atoms with Gasteiger partial charge in [-0.05, 0) is 47.7 Å². The van der Waals surface area contributed by atoms with E-state index >= 15 is 0 Å². The molecule has 29 heavy (non-hydrogen) atoms. The summed E-state index contributed by atoms with van der Waals surface area (Å²) in [4.78, 5) is 13.1.